The highest BCUT2D eigenvalue weighted by molar-refractivity contribution is 6.30. The van der Waals surface area contributed by atoms with Crippen molar-refractivity contribution in [1.29, 1.82) is 0 Å². The monoisotopic (exact) mass is 377 g/mol. The van der Waals surface area contributed by atoms with Gasteiger partial charge in [-0.1, -0.05) is 11.6 Å². The van der Waals surface area contributed by atoms with E-state index >= 15 is 0 Å². The molecule has 0 aromatic heterocycles. The van der Waals surface area contributed by atoms with Crippen molar-refractivity contribution >= 4 is 29.2 Å². The second-order valence-corrected chi connectivity index (χ2v) is 6.68. The Labute approximate surface area is 157 Å². The molecule has 0 aliphatic carbocycles. The molecule has 0 radical (unpaired) electrons. The van der Waals surface area contributed by atoms with Crippen molar-refractivity contribution in [3.8, 4) is 0 Å². The Morgan fingerprint density at radius 2 is 1.54 bits per heavy atom. The van der Waals surface area contributed by atoms with Crippen molar-refractivity contribution in [2.24, 2.45) is 0 Å². The largest absolute Gasteiger partial charge is 0.452 e. The van der Waals surface area contributed by atoms with E-state index in [1.54, 1.807) is 0 Å². The molecule has 0 bridgehead atoms. The lowest BCUT2D eigenvalue weighted by atomic mass is 9.90. The number of carbonyl (C=O) groups excluding carboxylic acids is 2. The van der Waals surface area contributed by atoms with Gasteiger partial charge in [0.1, 0.15) is 5.82 Å². The van der Waals surface area contributed by atoms with Gasteiger partial charge in [-0.2, -0.15) is 0 Å². The SMILES string of the molecule is Cc1c(C)c(C)c(C(=O)OCC(=O)Nc2cc(Cl)ccc2F)c(C)c1C. The van der Waals surface area contributed by atoms with E-state index in [2.05, 4.69) is 5.32 Å². The molecule has 0 saturated heterocycles. The molecular formula is C20H21ClFNO3. The highest BCUT2D eigenvalue weighted by Gasteiger charge is 2.20. The van der Waals surface area contributed by atoms with Crippen molar-refractivity contribution in [3.63, 3.8) is 0 Å². The van der Waals surface area contributed by atoms with E-state index in [-0.39, 0.29) is 10.7 Å². The minimum Gasteiger partial charge on any atom is -0.452 e. The van der Waals surface area contributed by atoms with Crippen LogP contribution in [-0.4, -0.2) is 18.5 Å². The molecule has 26 heavy (non-hydrogen) atoms. The first-order valence-corrected chi connectivity index (χ1v) is 8.50. The molecule has 1 N–H and O–H groups in total. The summed E-state index contributed by atoms with van der Waals surface area (Å²) in [5, 5.41) is 2.63. The third-order valence-electron chi connectivity index (χ3n) is 4.74. The molecule has 0 saturated carbocycles. The first-order valence-electron chi connectivity index (χ1n) is 8.12. The quantitative estimate of drug-likeness (QED) is 0.777. The molecule has 4 nitrogen and oxygen atoms in total. The number of ether oxygens (including phenoxy) is 1. The summed E-state index contributed by atoms with van der Waals surface area (Å²) >= 11 is 5.78. The molecule has 2 aromatic rings. The summed E-state index contributed by atoms with van der Waals surface area (Å²) in [5.41, 5.74) is 5.23. The summed E-state index contributed by atoms with van der Waals surface area (Å²) in [6.07, 6.45) is 0. The second kappa shape index (κ2) is 7.87. The van der Waals surface area contributed by atoms with Crippen LogP contribution in [0.25, 0.3) is 0 Å². The maximum Gasteiger partial charge on any atom is 0.339 e. The zero-order chi connectivity index (χ0) is 19.6. The van der Waals surface area contributed by atoms with E-state index in [1.807, 2.05) is 34.6 Å². The van der Waals surface area contributed by atoms with Gasteiger partial charge in [-0.05, 0) is 80.6 Å². The standard InChI is InChI=1S/C20H21ClFNO3/c1-10-11(2)13(4)19(14(5)12(10)3)20(25)26-9-18(24)23-17-8-15(21)6-7-16(17)22/h6-8H,9H2,1-5H3,(H,23,24). The Kier molecular flexibility index (Phi) is 6.03. The van der Waals surface area contributed by atoms with Gasteiger partial charge in [-0.15, -0.1) is 0 Å². The van der Waals surface area contributed by atoms with Crippen molar-refractivity contribution in [3.05, 3.63) is 62.4 Å². The molecular weight excluding hydrogens is 357 g/mol. The van der Waals surface area contributed by atoms with Crippen LogP contribution in [0.3, 0.4) is 0 Å². The summed E-state index contributed by atoms with van der Waals surface area (Å²) in [4.78, 5) is 24.5. The fourth-order valence-electron chi connectivity index (χ4n) is 2.79. The lowest BCUT2D eigenvalue weighted by Gasteiger charge is -2.17. The van der Waals surface area contributed by atoms with Crippen molar-refractivity contribution in [2.75, 3.05) is 11.9 Å². The van der Waals surface area contributed by atoms with Gasteiger partial charge in [-0.25, -0.2) is 9.18 Å². The number of hydrogen-bond acceptors (Lipinski definition) is 3. The minimum atomic E-state index is -0.643. The van der Waals surface area contributed by atoms with E-state index < -0.39 is 24.3 Å². The summed E-state index contributed by atoms with van der Waals surface area (Å²) in [6, 6.07) is 3.81. The van der Waals surface area contributed by atoms with Crippen molar-refractivity contribution < 1.29 is 18.7 Å². The van der Waals surface area contributed by atoms with Gasteiger partial charge in [0, 0.05) is 5.02 Å². The van der Waals surface area contributed by atoms with Crippen LogP contribution in [0.1, 0.15) is 38.2 Å². The van der Waals surface area contributed by atoms with Crippen LogP contribution in [0.15, 0.2) is 18.2 Å². The zero-order valence-corrected chi connectivity index (χ0v) is 16.2. The van der Waals surface area contributed by atoms with E-state index in [1.165, 1.54) is 12.1 Å². The Morgan fingerprint density at radius 1 is 1.00 bits per heavy atom. The van der Waals surface area contributed by atoms with Crippen LogP contribution in [-0.2, 0) is 9.53 Å². The van der Waals surface area contributed by atoms with Gasteiger partial charge in [0.15, 0.2) is 6.61 Å². The Bertz CT molecular complexity index is 864. The van der Waals surface area contributed by atoms with Crippen LogP contribution >= 0.6 is 11.6 Å². The van der Waals surface area contributed by atoms with Crippen molar-refractivity contribution in [1.82, 2.24) is 0 Å². The van der Waals surface area contributed by atoms with E-state index in [4.69, 9.17) is 16.3 Å². The van der Waals surface area contributed by atoms with Gasteiger partial charge in [0.2, 0.25) is 0 Å². The Balaban J connectivity index is 2.12. The van der Waals surface area contributed by atoms with Gasteiger partial charge < -0.3 is 10.1 Å². The minimum absolute atomic E-state index is 0.0621. The molecule has 1 amide bonds. The lowest BCUT2D eigenvalue weighted by Crippen LogP contribution is -2.22. The molecule has 2 rings (SSSR count). The predicted octanol–water partition coefficient (Wildman–Crippen LogP) is 4.82. The third-order valence-corrected chi connectivity index (χ3v) is 4.98. The highest BCUT2D eigenvalue weighted by atomic mass is 35.5. The molecule has 0 aliphatic heterocycles. The highest BCUT2D eigenvalue weighted by Crippen LogP contribution is 2.26. The predicted molar refractivity (Wildman–Crippen MR) is 100 cm³/mol. The molecule has 0 aliphatic rings. The maximum absolute atomic E-state index is 13.6. The average molecular weight is 378 g/mol. The summed E-state index contributed by atoms with van der Waals surface area (Å²) < 4.78 is 18.8. The lowest BCUT2D eigenvalue weighted by molar-refractivity contribution is -0.119. The molecule has 0 unspecified atom stereocenters. The van der Waals surface area contributed by atoms with Gasteiger partial charge in [0.05, 0.1) is 11.3 Å². The topological polar surface area (TPSA) is 55.4 Å². The fraction of sp³-hybridized carbons (Fsp3) is 0.300. The number of nitrogens with one attached hydrogen (secondary N) is 1. The first-order chi connectivity index (χ1) is 12.1. The van der Waals surface area contributed by atoms with Crippen molar-refractivity contribution in [2.45, 2.75) is 34.6 Å². The molecule has 138 valence electrons. The van der Waals surface area contributed by atoms with Gasteiger partial charge in [0.25, 0.3) is 5.91 Å². The van der Waals surface area contributed by atoms with Crippen LogP contribution < -0.4 is 5.32 Å². The van der Waals surface area contributed by atoms with Gasteiger partial charge >= 0.3 is 5.97 Å². The number of hydrogen-bond donors (Lipinski definition) is 1. The number of carbonyl (C=O) groups is 2. The van der Waals surface area contributed by atoms with Crippen LogP contribution in [0.5, 0.6) is 0 Å². The molecule has 0 atom stereocenters. The normalized spacial score (nSPS) is 10.6. The first kappa shape index (κ1) is 19.9. The molecule has 0 fully saturated rings. The number of amides is 1. The summed E-state index contributed by atoms with van der Waals surface area (Å²) in [5.74, 6) is -1.84. The third kappa shape index (κ3) is 4.05. The van der Waals surface area contributed by atoms with Crippen LogP contribution in [0.2, 0.25) is 5.02 Å². The Hall–Kier alpha value is -2.40. The van der Waals surface area contributed by atoms with E-state index in [9.17, 15) is 14.0 Å². The number of rotatable bonds is 4. The zero-order valence-electron chi connectivity index (χ0n) is 15.4. The van der Waals surface area contributed by atoms with Crippen LogP contribution in [0, 0.1) is 40.4 Å². The number of anilines is 1. The fourth-order valence-corrected chi connectivity index (χ4v) is 2.96. The number of esters is 1. The van der Waals surface area contributed by atoms with Gasteiger partial charge in [-0.3, -0.25) is 4.79 Å². The van der Waals surface area contributed by atoms with E-state index in [0.717, 1.165) is 33.9 Å². The Morgan fingerprint density at radius 3 is 2.12 bits per heavy atom. The second-order valence-electron chi connectivity index (χ2n) is 6.25. The smallest absolute Gasteiger partial charge is 0.339 e. The van der Waals surface area contributed by atoms with E-state index in [0.29, 0.717) is 5.56 Å². The summed E-state index contributed by atoms with van der Waals surface area (Å²) in [7, 11) is 0. The number of halogens is 2. The molecule has 6 heteroatoms. The van der Waals surface area contributed by atoms with Crippen LogP contribution in [0.4, 0.5) is 10.1 Å². The molecule has 0 heterocycles. The average Bonchev–Trinajstić information content (AvgIpc) is 2.59. The molecule has 2 aromatic carbocycles. The summed E-state index contributed by atoms with van der Waals surface area (Å²) in [6.45, 7) is 9.09. The molecule has 0 spiro atoms. The number of benzene rings is 2. The maximum atomic E-state index is 13.6.